The predicted octanol–water partition coefficient (Wildman–Crippen LogP) is 3.97. The highest BCUT2D eigenvalue weighted by Crippen LogP contribution is 2.32. The lowest BCUT2D eigenvalue weighted by molar-refractivity contribution is -0.138. The molecule has 1 saturated heterocycles. The number of pyridine rings is 1. The minimum atomic E-state index is -4.42. The van der Waals surface area contributed by atoms with Gasteiger partial charge in [-0.25, -0.2) is 0 Å². The molecule has 2 aromatic rings. The molecule has 156 valence electrons. The summed E-state index contributed by atoms with van der Waals surface area (Å²) in [7, 11) is 0. The number of hydrogen-bond donors (Lipinski definition) is 1. The van der Waals surface area contributed by atoms with Crippen molar-refractivity contribution in [3.63, 3.8) is 0 Å². The lowest BCUT2D eigenvalue weighted by Crippen LogP contribution is -2.32. The van der Waals surface area contributed by atoms with Crippen LogP contribution in [0.4, 0.5) is 13.2 Å². The SMILES string of the molecule is O=C(NCC1CCOCC1)c1ccc(COCc2ccccc2C(F)(F)F)cn1. The van der Waals surface area contributed by atoms with Crippen molar-refractivity contribution in [3.05, 3.63) is 65.0 Å². The van der Waals surface area contributed by atoms with Gasteiger partial charge in [0, 0.05) is 26.0 Å². The van der Waals surface area contributed by atoms with Gasteiger partial charge in [-0.3, -0.25) is 9.78 Å². The fourth-order valence-corrected chi connectivity index (χ4v) is 3.12. The average molecular weight is 408 g/mol. The van der Waals surface area contributed by atoms with E-state index in [1.54, 1.807) is 18.2 Å². The Balaban J connectivity index is 1.48. The maximum absolute atomic E-state index is 13.0. The molecular weight excluding hydrogens is 385 g/mol. The fourth-order valence-electron chi connectivity index (χ4n) is 3.12. The largest absolute Gasteiger partial charge is 0.416 e. The molecular formula is C21H23F3N2O3. The number of hydrogen-bond acceptors (Lipinski definition) is 4. The molecule has 0 aliphatic carbocycles. The standard InChI is InChI=1S/C21H23F3N2O3/c22-21(23,24)18-4-2-1-3-17(18)14-29-13-16-5-6-19(25-12-16)20(27)26-11-15-7-9-28-10-8-15/h1-6,12,15H,7-11,13-14H2,(H,26,27). The van der Waals surface area contributed by atoms with Gasteiger partial charge in [-0.1, -0.05) is 24.3 Å². The van der Waals surface area contributed by atoms with Gasteiger partial charge in [0.2, 0.25) is 0 Å². The van der Waals surface area contributed by atoms with Crippen molar-refractivity contribution < 1.29 is 27.4 Å². The van der Waals surface area contributed by atoms with Crippen LogP contribution in [0.1, 0.15) is 40.0 Å². The molecule has 1 amide bonds. The zero-order valence-corrected chi connectivity index (χ0v) is 15.9. The number of halogens is 3. The Morgan fingerprint density at radius 3 is 2.59 bits per heavy atom. The van der Waals surface area contributed by atoms with Crippen LogP contribution >= 0.6 is 0 Å². The maximum atomic E-state index is 13.0. The predicted molar refractivity (Wildman–Crippen MR) is 100 cm³/mol. The van der Waals surface area contributed by atoms with E-state index in [2.05, 4.69) is 10.3 Å². The topological polar surface area (TPSA) is 60.5 Å². The van der Waals surface area contributed by atoms with Gasteiger partial charge < -0.3 is 14.8 Å². The van der Waals surface area contributed by atoms with Crippen molar-refractivity contribution in [3.8, 4) is 0 Å². The van der Waals surface area contributed by atoms with Crippen LogP contribution in [0.25, 0.3) is 0 Å². The third-order valence-corrected chi connectivity index (χ3v) is 4.80. The summed E-state index contributed by atoms with van der Waals surface area (Å²) in [4.78, 5) is 16.3. The highest BCUT2D eigenvalue weighted by molar-refractivity contribution is 5.92. The van der Waals surface area contributed by atoms with Gasteiger partial charge in [-0.05, 0) is 42.0 Å². The molecule has 5 nitrogen and oxygen atoms in total. The monoisotopic (exact) mass is 408 g/mol. The van der Waals surface area contributed by atoms with Crippen LogP contribution in [0.2, 0.25) is 0 Å². The van der Waals surface area contributed by atoms with Crippen molar-refractivity contribution >= 4 is 5.91 Å². The van der Waals surface area contributed by atoms with Gasteiger partial charge in [-0.15, -0.1) is 0 Å². The molecule has 0 atom stereocenters. The van der Waals surface area contributed by atoms with E-state index in [1.165, 1.54) is 18.3 Å². The van der Waals surface area contributed by atoms with Crippen molar-refractivity contribution in [1.82, 2.24) is 10.3 Å². The Kier molecular flexibility index (Phi) is 7.22. The number of rotatable bonds is 7. The number of alkyl halides is 3. The van der Waals surface area contributed by atoms with E-state index in [4.69, 9.17) is 9.47 Å². The van der Waals surface area contributed by atoms with Crippen LogP contribution in [0.15, 0.2) is 42.6 Å². The van der Waals surface area contributed by atoms with Gasteiger partial charge in [0.05, 0.1) is 18.8 Å². The molecule has 0 unspecified atom stereocenters. The van der Waals surface area contributed by atoms with Crippen LogP contribution in [0, 0.1) is 5.92 Å². The van der Waals surface area contributed by atoms with E-state index in [1.807, 2.05) is 0 Å². The summed E-state index contributed by atoms with van der Waals surface area (Å²) in [6, 6.07) is 8.60. The number of nitrogens with one attached hydrogen (secondary N) is 1. The van der Waals surface area contributed by atoms with E-state index in [0.717, 1.165) is 32.1 Å². The summed E-state index contributed by atoms with van der Waals surface area (Å²) in [6.07, 6.45) is -1.05. The van der Waals surface area contributed by atoms with E-state index in [0.29, 0.717) is 23.7 Å². The molecule has 3 rings (SSSR count). The number of nitrogens with zero attached hydrogens (tertiary/aromatic N) is 1. The van der Waals surface area contributed by atoms with Gasteiger partial charge >= 0.3 is 6.18 Å². The molecule has 2 heterocycles. The van der Waals surface area contributed by atoms with Crippen LogP contribution < -0.4 is 5.32 Å². The molecule has 29 heavy (non-hydrogen) atoms. The molecule has 1 aromatic carbocycles. The number of amides is 1. The Morgan fingerprint density at radius 2 is 1.90 bits per heavy atom. The quantitative estimate of drug-likeness (QED) is 0.753. The first-order valence-corrected chi connectivity index (χ1v) is 9.47. The number of aromatic nitrogens is 1. The number of carbonyl (C=O) groups is 1. The minimum Gasteiger partial charge on any atom is -0.381 e. The third-order valence-electron chi connectivity index (χ3n) is 4.80. The molecule has 1 N–H and O–H groups in total. The highest BCUT2D eigenvalue weighted by Gasteiger charge is 2.32. The Bertz CT molecular complexity index is 804. The molecule has 8 heteroatoms. The average Bonchev–Trinajstić information content (AvgIpc) is 2.73. The molecule has 0 spiro atoms. The highest BCUT2D eigenvalue weighted by atomic mass is 19.4. The lowest BCUT2D eigenvalue weighted by atomic mass is 10.0. The number of carbonyl (C=O) groups excluding carboxylic acids is 1. The van der Waals surface area contributed by atoms with Gasteiger partial charge in [0.25, 0.3) is 5.91 Å². The second-order valence-electron chi connectivity index (χ2n) is 6.97. The zero-order valence-electron chi connectivity index (χ0n) is 15.9. The summed E-state index contributed by atoms with van der Waals surface area (Å²) in [5.41, 5.74) is 0.352. The van der Waals surface area contributed by atoms with Gasteiger partial charge in [-0.2, -0.15) is 13.2 Å². The van der Waals surface area contributed by atoms with E-state index < -0.39 is 11.7 Å². The van der Waals surface area contributed by atoms with Crippen LogP contribution in [0.5, 0.6) is 0 Å². The number of benzene rings is 1. The summed E-state index contributed by atoms with van der Waals surface area (Å²) in [5, 5.41) is 2.88. The van der Waals surface area contributed by atoms with E-state index in [9.17, 15) is 18.0 Å². The first-order chi connectivity index (χ1) is 13.9. The molecule has 1 aliphatic rings. The fraction of sp³-hybridized carbons (Fsp3) is 0.429. The first-order valence-electron chi connectivity index (χ1n) is 9.47. The van der Waals surface area contributed by atoms with Crippen molar-refractivity contribution in [2.45, 2.75) is 32.2 Å². The van der Waals surface area contributed by atoms with Gasteiger partial charge in [0.15, 0.2) is 0 Å². The molecule has 0 radical (unpaired) electrons. The molecule has 0 bridgehead atoms. The van der Waals surface area contributed by atoms with E-state index >= 15 is 0 Å². The molecule has 0 saturated carbocycles. The first kappa shape index (κ1) is 21.3. The van der Waals surface area contributed by atoms with Crippen molar-refractivity contribution in [1.29, 1.82) is 0 Å². The minimum absolute atomic E-state index is 0.0806. The van der Waals surface area contributed by atoms with Gasteiger partial charge in [0.1, 0.15) is 5.69 Å². The third kappa shape index (κ3) is 6.27. The van der Waals surface area contributed by atoms with Crippen LogP contribution in [-0.4, -0.2) is 30.6 Å². The Morgan fingerprint density at radius 1 is 1.14 bits per heavy atom. The Hall–Kier alpha value is -2.45. The summed E-state index contributed by atoms with van der Waals surface area (Å²) >= 11 is 0. The molecule has 1 fully saturated rings. The molecule has 1 aliphatic heterocycles. The summed E-state index contributed by atoms with van der Waals surface area (Å²) in [6.45, 7) is 1.97. The Labute approximate surface area is 167 Å². The zero-order chi connectivity index (χ0) is 20.7. The number of ether oxygens (including phenoxy) is 2. The van der Waals surface area contributed by atoms with Crippen molar-refractivity contribution in [2.75, 3.05) is 19.8 Å². The lowest BCUT2D eigenvalue weighted by Gasteiger charge is -2.22. The second kappa shape index (κ2) is 9.84. The van der Waals surface area contributed by atoms with Crippen molar-refractivity contribution in [2.24, 2.45) is 5.92 Å². The second-order valence-corrected chi connectivity index (χ2v) is 6.97. The maximum Gasteiger partial charge on any atom is 0.416 e. The van der Waals surface area contributed by atoms with Crippen LogP contribution in [0.3, 0.4) is 0 Å². The smallest absolute Gasteiger partial charge is 0.381 e. The molecule has 1 aromatic heterocycles. The summed E-state index contributed by atoms with van der Waals surface area (Å²) in [5.74, 6) is 0.169. The van der Waals surface area contributed by atoms with Crippen LogP contribution in [-0.2, 0) is 28.9 Å². The summed E-state index contributed by atoms with van der Waals surface area (Å²) < 4.78 is 49.7. The normalized spacial score (nSPS) is 15.3. The van der Waals surface area contributed by atoms with E-state index in [-0.39, 0.29) is 24.7 Å².